The first-order valence-corrected chi connectivity index (χ1v) is 8.70. The number of ether oxygens (including phenoxy) is 1. The molecule has 2 aliphatic rings. The lowest BCUT2D eigenvalue weighted by atomic mass is 9.95. The minimum atomic E-state index is -0.547. The van der Waals surface area contributed by atoms with Crippen molar-refractivity contribution in [2.24, 2.45) is 0 Å². The van der Waals surface area contributed by atoms with Gasteiger partial charge >= 0.3 is 0 Å². The number of likely N-dealkylation sites (tertiary alicyclic amines) is 1. The van der Waals surface area contributed by atoms with Crippen molar-refractivity contribution in [2.45, 2.75) is 56.7 Å². The van der Waals surface area contributed by atoms with Gasteiger partial charge in [0.05, 0.1) is 18.3 Å². The van der Waals surface area contributed by atoms with Crippen LogP contribution in [0.2, 0.25) is 0 Å². The highest BCUT2D eigenvalue weighted by atomic mass is 16.5. The van der Waals surface area contributed by atoms with Crippen molar-refractivity contribution in [1.82, 2.24) is 20.0 Å². The summed E-state index contributed by atoms with van der Waals surface area (Å²) in [6.45, 7) is 2.12. The van der Waals surface area contributed by atoms with E-state index in [-0.39, 0.29) is 5.91 Å². The van der Waals surface area contributed by atoms with Crippen molar-refractivity contribution >= 4 is 5.91 Å². The molecule has 23 heavy (non-hydrogen) atoms. The molecule has 2 fully saturated rings. The van der Waals surface area contributed by atoms with Crippen LogP contribution < -0.4 is 5.32 Å². The molecule has 3 rings (SSSR count). The van der Waals surface area contributed by atoms with Crippen LogP contribution in [-0.2, 0) is 16.1 Å². The Kier molecular flexibility index (Phi) is 5.02. The van der Waals surface area contributed by atoms with Crippen molar-refractivity contribution < 1.29 is 9.53 Å². The van der Waals surface area contributed by atoms with Gasteiger partial charge in [0, 0.05) is 26.9 Å². The van der Waals surface area contributed by atoms with Gasteiger partial charge in [0.2, 0.25) is 5.91 Å². The Bertz CT molecular complexity index is 538. The first-order valence-electron chi connectivity index (χ1n) is 8.70. The molecule has 128 valence electrons. The second kappa shape index (κ2) is 7.01. The second-order valence-electron chi connectivity index (χ2n) is 6.77. The average molecular weight is 320 g/mol. The van der Waals surface area contributed by atoms with Gasteiger partial charge < -0.3 is 10.1 Å². The lowest BCUT2D eigenvalue weighted by Crippen LogP contribution is -2.57. The summed E-state index contributed by atoms with van der Waals surface area (Å²) in [6, 6.07) is 2.62. The SMILES string of the molecule is CNC(=O)C1(COC)CCCN1Cc1ccnn1C1CCCC1. The zero-order valence-corrected chi connectivity index (χ0v) is 14.3. The molecule has 1 N–H and O–H groups in total. The summed E-state index contributed by atoms with van der Waals surface area (Å²) in [4.78, 5) is 14.8. The maximum atomic E-state index is 12.6. The average Bonchev–Trinajstić information content (AvgIpc) is 3.28. The highest BCUT2D eigenvalue weighted by molar-refractivity contribution is 5.86. The van der Waals surface area contributed by atoms with Gasteiger partial charge in [-0.25, -0.2) is 0 Å². The number of hydrogen-bond donors (Lipinski definition) is 1. The van der Waals surface area contributed by atoms with Crippen LogP contribution in [0.4, 0.5) is 0 Å². The predicted molar refractivity (Wildman–Crippen MR) is 88.0 cm³/mol. The van der Waals surface area contributed by atoms with E-state index in [1.165, 1.54) is 31.4 Å². The van der Waals surface area contributed by atoms with Crippen LogP contribution in [-0.4, -0.2) is 53.4 Å². The third-order valence-electron chi connectivity index (χ3n) is 5.43. The Morgan fingerprint density at radius 3 is 2.91 bits per heavy atom. The third kappa shape index (κ3) is 3.02. The molecule has 6 nitrogen and oxygen atoms in total. The number of aromatic nitrogens is 2. The maximum Gasteiger partial charge on any atom is 0.242 e. The van der Waals surface area contributed by atoms with Gasteiger partial charge in [0.1, 0.15) is 5.54 Å². The topological polar surface area (TPSA) is 59.4 Å². The molecule has 1 amide bonds. The first kappa shape index (κ1) is 16.5. The van der Waals surface area contributed by atoms with E-state index in [1.807, 2.05) is 6.20 Å². The van der Waals surface area contributed by atoms with Gasteiger partial charge in [-0.2, -0.15) is 5.10 Å². The van der Waals surface area contributed by atoms with Crippen molar-refractivity contribution in [1.29, 1.82) is 0 Å². The number of hydrogen-bond acceptors (Lipinski definition) is 4. The quantitative estimate of drug-likeness (QED) is 0.867. The molecule has 1 saturated carbocycles. The van der Waals surface area contributed by atoms with Crippen LogP contribution in [0.1, 0.15) is 50.3 Å². The first-order chi connectivity index (χ1) is 11.2. The Morgan fingerprint density at radius 1 is 1.43 bits per heavy atom. The molecule has 1 atom stereocenters. The van der Waals surface area contributed by atoms with Crippen molar-refractivity contribution in [2.75, 3.05) is 27.3 Å². The molecule has 1 saturated heterocycles. The maximum absolute atomic E-state index is 12.6. The smallest absolute Gasteiger partial charge is 0.242 e. The van der Waals surface area contributed by atoms with Crippen LogP contribution in [0.25, 0.3) is 0 Å². The van der Waals surface area contributed by atoms with Gasteiger partial charge in [-0.15, -0.1) is 0 Å². The van der Waals surface area contributed by atoms with Gasteiger partial charge in [-0.1, -0.05) is 12.8 Å². The number of carbonyl (C=O) groups is 1. The number of amides is 1. The Balaban J connectivity index is 1.81. The summed E-state index contributed by atoms with van der Waals surface area (Å²) in [7, 11) is 3.38. The van der Waals surface area contributed by atoms with Crippen LogP contribution in [0.5, 0.6) is 0 Å². The Morgan fingerprint density at radius 2 is 2.22 bits per heavy atom. The molecule has 0 aromatic carbocycles. The molecule has 0 spiro atoms. The Labute approximate surface area is 138 Å². The highest BCUT2D eigenvalue weighted by Gasteiger charge is 2.47. The van der Waals surface area contributed by atoms with E-state index in [0.717, 1.165) is 25.9 Å². The monoisotopic (exact) mass is 320 g/mol. The minimum Gasteiger partial charge on any atom is -0.382 e. The highest BCUT2D eigenvalue weighted by Crippen LogP contribution is 2.34. The molecule has 2 heterocycles. The summed E-state index contributed by atoms with van der Waals surface area (Å²) < 4.78 is 7.59. The van der Waals surface area contributed by atoms with Crippen molar-refractivity contribution in [3.63, 3.8) is 0 Å². The zero-order chi connectivity index (χ0) is 16.3. The molecule has 6 heteroatoms. The summed E-state index contributed by atoms with van der Waals surface area (Å²) in [5, 5.41) is 7.39. The lowest BCUT2D eigenvalue weighted by molar-refractivity contribution is -0.135. The lowest BCUT2D eigenvalue weighted by Gasteiger charge is -2.36. The van der Waals surface area contributed by atoms with Crippen LogP contribution >= 0.6 is 0 Å². The number of nitrogens with zero attached hydrogens (tertiary/aromatic N) is 3. The van der Waals surface area contributed by atoms with E-state index in [2.05, 4.69) is 26.1 Å². The number of methoxy groups -OCH3 is 1. The van der Waals surface area contributed by atoms with Gasteiger partial charge in [-0.05, 0) is 38.3 Å². The predicted octanol–water partition coefficient (Wildman–Crippen LogP) is 1.73. The molecule has 1 aromatic rings. The summed E-state index contributed by atoms with van der Waals surface area (Å²) in [6.07, 6.45) is 8.77. The number of rotatable bonds is 6. The molecule has 1 unspecified atom stereocenters. The molecule has 1 aromatic heterocycles. The molecule has 0 bridgehead atoms. The standard InChI is InChI=1S/C17H28N4O2/c1-18-16(22)17(13-23-2)9-5-11-20(17)12-15-8-10-19-21(15)14-6-3-4-7-14/h8,10,14H,3-7,9,11-13H2,1-2H3,(H,18,22). The minimum absolute atomic E-state index is 0.0591. The largest absolute Gasteiger partial charge is 0.382 e. The van der Waals surface area contributed by atoms with E-state index in [4.69, 9.17) is 4.74 Å². The summed E-state index contributed by atoms with van der Waals surface area (Å²) >= 11 is 0. The number of nitrogens with one attached hydrogen (secondary N) is 1. The third-order valence-corrected chi connectivity index (χ3v) is 5.43. The van der Waals surface area contributed by atoms with E-state index in [9.17, 15) is 4.79 Å². The number of carbonyl (C=O) groups excluding carboxylic acids is 1. The molecule has 1 aliphatic carbocycles. The van der Waals surface area contributed by atoms with E-state index < -0.39 is 5.54 Å². The fourth-order valence-corrected chi connectivity index (χ4v) is 4.26. The molecule has 0 radical (unpaired) electrons. The summed E-state index contributed by atoms with van der Waals surface area (Å²) in [5.41, 5.74) is 0.664. The van der Waals surface area contributed by atoms with E-state index in [0.29, 0.717) is 12.6 Å². The Hall–Kier alpha value is -1.40. The van der Waals surface area contributed by atoms with Crippen molar-refractivity contribution in [3.8, 4) is 0 Å². The van der Waals surface area contributed by atoms with E-state index in [1.54, 1.807) is 14.2 Å². The fourth-order valence-electron chi connectivity index (χ4n) is 4.26. The molecular formula is C17H28N4O2. The summed E-state index contributed by atoms with van der Waals surface area (Å²) in [5.74, 6) is 0.0591. The van der Waals surface area contributed by atoms with E-state index >= 15 is 0 Å². The second-order valence-corrected chi connectivity index (χ2v) is 6.77. The van der Waals surface area contributed by atoms with Crippen LogP contribution in [0, 0.1) is 0 Å². The van der Waals surface area contributed by atoms with Gasteiger partial charge in [0.25, 0.3) is 0 Å². The van der Waals surface area contributed by atoms with Gasteiger partial charge in [0.15, 0.2) is 0 Å². The normalized spacial score (nSPS) is 26.0. The molecular weight excluding hydrogens is 292 g/mol. The van der Waals surface area contributed by atoms with Crippen LogP contribution in [0.15, 0.2) is 12.3 Å². The number of likely N-dealkylation sites (N-methyl/N-ethyl adjacent to an activating group) is 1. The fraction of sp³-hybridized carbons (Fsp3) is 0.765. The van der Waals surface area contributed by atoms with Crippen molar-refractivity contribution in [3.05, 3.63) is 18.0 Å². The van der Waals surface area contributed by atoms with Gasteiger partial charge in [-0.3, -0.25) is 14.4 Å². The molecule has 1 aliphatic heterocycles. The van der Waals surface area contributed by atoms with Crippen LogP contribution in [0.3, 0.4) is 0 Å². The zero-order valence-electron chi connectivity index (χ0n) is 14.3.